The zero-order valence-corrected chi connectivity index (χ0v) is 9.47. The van der Waals surface area contributed by atoms with E-state index in [1.165, 1.54) is 0 Å². The lowest BCUT2D eigenvalue weighted by atomic mass is 10.1. The quantitative estimate of drug-likeness (QED) is 0.812. The van der Waals surface area contributed by atoms with Crippen molar-refractivity contribution in [3.05, 3.63) is 41.6 Å². The first-order chi connectivity index (χ1) is 8.28. The molecule has 2 rings (SSSR count). The third-order valence-electron chi connectivity index (χ3n) is 2.37. The van der Waals surface area contributed by atoms with Gasteiger partial charge in [0.2, 0.25) is 11.8 Å². The second-order valence-corrected chi connectivity index (χ2v) is 3.83. The molecule has 1 aromatic heterocycles. The molecule has 0 atom stereocenters. The molecule has 5 heteroatoms. The Hall–Kier alpha value is -1.88. The Morgan fingerprint density at radius 3 is 2.82 bits per heavy atom. The lowest BCUT2D eigenvalue weighted by Crippen LogP contribution is -2.00. The van der Waals surface area contributed by atoms with Crippen LogP contribution >= 0.6 is 0 Å². The minimum absolute atomic E-state index is 0.241. The number of aryl methyl sites for hydroxylation is 1. The third kappa shape index (κ3) is 3.29. The number of nitrogens with two attached hydrogens (primary N) is 1. The van der Waals surface area contributed by atoms with E-state index in [1.807, 2.05) is 6.07 Å². The number of benzene rings is 1. The van der Waals surface area contributed by atoms with E-state index in [0.29, 0.717) is 31.2 Å². The highest BCUT2D eigenvalue weighted by Crippen LogP contribution is 2.14. The number of rotatable bonds is 5. The summed E-state index contributed by atoms with van der Waals surface area (Å²) in [6.45, 7) is 0.615. The number of aromatic hydroxyl groups is 1. The first kappa shape index (κ1) is 11.6. The minimum atomic E-state index is 0.241. The molecule has 90 valence electrons. The second kappa shape index (κ2) is 5.45. The number of hydrogen-bond donors (Lipinski definition) is 2. The molecule has 0 saturated carbocycles. The average molecular weight is 233 g/mol. The van der Waals surface area contributed by atoms with Gasteiger partial charge in [0, 0.05) is 6.42 Å². The number of nitrogens with zero attached hydrogens (tertiary/aromatic N) is 2. The van der Waals surface area contributed by atoms with E-state index in [1.54, 1.807) is 18.2 Å². The fourth-order valence-electron chi connectivity index (χ4n) is 1.56. The smallest absolute Gasteiger partial charge is 0.220 e. The van der Waals surface area contributed by atoms with E-state index in [4.69, 9.17) is 10.2 Å². The highest BCUT2D eigenvalue weighted by molar-refractivity contribution is 5.28. The Kier molecular flexibility index (Phi) is 3.72. The average Bonchev–Trinajstić information content (AvgIpc) is 2.74. The van der Waals surface area contributed by atoms with Gasteiger partial charge >= 0.3 is 0 Å². The van der Waals surface area contributed by atoms with Crippen LogP contribution in [0.15, 0.2) is 28.7 Å². The van der Waals surface area contributed by atoms with Crippen LogP contribution in [-0.4, -0.2) is 21.8 Å². The van der Waals surface area contributed by atoms with Crippen molar-refractivity contribution in [2.75, 3.05) is 6.54 Å². The summed E-state index contributed by atoms with van der Waals surface area (Å²) in [5, 5.41) is 17.2. The molecule has 0 amide bonds. The SMILES string of the molecule is NCCCc1nnc(Cc2cccc(O)c2)o1. The Labute approximate surface area is 99.3 Å². The van der Waals surface area contributed by atoms with E-state index in [-0.39, 0.29) is 5.75 Å². The molecule has 0 fully saturated rings. The molecule has 0 aliphatic heterocycles. The topological polar surface area (TPSA) is 85.2 Å². The zero-order valence-electron chi connectivity index (χ0n) is 9.47. The zero-order chi connectivity index (χ0) is 12.1. The minimum Gasteiger partial charge on any atom is -0.508 e. The number of aromatic nitrogens is 2. The van der Waals surface area contributed by atoms with Crippen molar-refractivity contribution in [1.82, 2.24) is 10.2 Å². The molecule has 0 unspecified atom stereocenters. The highest BCUT2D eigenvalue weighted by atomic mass is 16.4. The third-order valence-corrected chi connectivity index (χ3v) is 2.37. The monoisotopic (exact) mass is 233 g/mol. The fourth-order valence-corrected chi connectivity index (χ4v) is 1.56. The van der Waals surface area contributed by atoms with E-state index in [0.717, 1.165) is 12.0 Å². The summed E-state index contributed by atoms with van der Waals surface area (Å²) in [5.74, 6) is 1.42. The molecule has 0 saturated heterocycles. The predicted octanol–water partition coefficient (Wildman–Crippen LogP) is 1.26. The van der Waals surface area contributed by atoms with Crippen LogP contribution in [0.1, 0.15) is 23.8 Å². The second-order valence-electron chi connectivity index (χ2n) is 3.83. The molecule has 1 heterocycles. The predicted molar refractivity (Wildman–Crippen MR) is 62.6 cm³/mol. The van der Waals surface area contributed by atoms with Gasteiger partial charge in [-0.1, -0.05) is 12.1 Å². The molecule has 0 aliphatic rings. The van der Waals surface area contributed by atoms with Gasteiger partial charge in [0.05, 0.1) is 6.42 Å². The van der Waals surface area contributed by atoms with E-state index in [9.17, 15) is 5.11 Å². The maximum atomic E-state index is 9.33. The molecular weight excluding hydrogens is 218 g/mol. The first-order valence-electron chi connectivity index (χ1n) is 5.57. The van der Waals surface area contributed by atoms with Gasteiger partial charge in [0.1, 0.15) is 5.75 Å². The Balaban J connectivity index is 2.01. The van der Waals surface area contributed by atoms with Crippen LogP contribution in [0.3, 0.4) is 0 Å². The van der Waals surface area contributed by atoms with Crippen molar-refractivity contribution >= 4 is 0 Å². The Morgan fingerprint density at radius 2 is 2.06 bits per heavy atom. The first-order valence-corrected chi connectivity index (χ1v) is 5.57. The summed E-state index contributed by atoms with van der Waals surface area (Å²) >= 11 is 0. The van der Waals surface area contributed by atoms with Gasteiger partial charge in [0.15, 0.2) is 0 Å². The van der Waals surface area contributed by atoms with Crippen molar-refractivity contribution in [1.29, 1.82) is 0 Å². The highest BCUT2D eigenvalue weighted by Gasteiger charge is 2.06. The van der Waals surface area contributed by atoms with Gasteiger partial charge < -0.3 is 15.3 Å². The summed E-state index contributed by atoms with van der Waals surface area (Å²) in [5.41, 5.74) is 6.35. The van der Waals surface area contributed by atoms with Crippen LogP contribution in [-0.2, 0) is 12.8 Å². The lowest BCUT2D eigenvalue weighted by molar-refractivity contribution is 0.452. The largest absolute Gasteiger partial charge is 0.508 e. The van der Waals surface area contributed by atoms with Crippen molar-refractivity contribution < 1.29 is 9.52 Å². The Morgan fingerprint density at radius 1 is 1.24 bits per heavy atom. The van der Waals surface area contributed by atoms with E-state index < -0.39 is 0 Å². The normalized spacial score (nSPS) is 10.6. The molecule has 0 aliphatic carbocycles. The molecule has 1 aromatic carbocycles. The van der Waals surface area contributed by atoms with Crippen molar-refractivity contribution in [3.8, 4) is 5.75 Å². The summed E-state index contributed by atoms with van der Waals surface area (Å²) in [6, 6.07) is 7.01. The molecule has 0 radical (unpaired) electrons. The summed E-state index contributed by atoms with van der Waals surface area (Å²) < 4.78 is 5.47. The van der Waals surface area contributed by atoms with Crippen LogP contribution in [0.2, 0.25) is 0 Å². The van der Waals surface area contributed by atoms with Crippen molar-refractivity contribution in [2.45, 2.75) is 19.3 Å². The molecule has 0 spiro atoms. The number of phenolic OH excluding ortho intramolecular Hbond substituents is 1. The van der Waals surface area contributed by atoms with E-state index >= 15 is 0 Å². The van der Waals surface area contributed by atoms with Crippen molar-refractivity contribution in [3.63, 3.8) is 0 Å². The van der Waals surface area contributed by atoms with Crippen LogP contribution in [0, 0.1) is 0 Å². The molecule has 5 nitrogen and oxygen atoms in total. The standard InChI is InChI=1S/C12H15N3O2/c13-6-2-5-11-14-15-12(17-11)8-9-3-1-4-10(16)7-9/h1,3-4,7,16H,2,5-6,8,13H2. The van der Waals surface area contributed by atoms with Gasteiger partial charge in [-0.2, -0.15) is 0 Å². The molecule has 2 aromatic rings. The van der Waals surface area contributed by atoms with Crippen LogP contribution in [0.4, 0.5) is 0 Å². The maximum Gasteiger partial charge on any atom is 0.220 e. The molecule has 0 bridgehead atoms. The molecule has 3 N–H and O–H groups in total. The van der Waals surface area contributed by atoms with Gasteiger partial charge in [-0.3, -0.25) is 0 Å². The van der Waals surface area contributed by atoms with Crippen LogP contribution in [0.5, 0.6) is 5.75 Å². The van der Waals surface area contributed by atoms with Crippen LogP contribution < -0.4 is 5.73 Å². The maximum absolute atomic E-state index is 9.33. The number of hydrogen-bond acceptors (Lipinski definition) is 5. The van der Waals surface area contributed by atoms with Gasteiger partial charge in [-0.25, -0.2) is 0 Å². The summed E-state index contributed by atoms with van der Waals surface area (Å²) in [7, 11) is 0. The Bertz CT molecular complexity index is 482. The molecule has 17 heavy (non-hydrogen) atoms. The van der Waals surface area contributed by atoms with E-state index in [2.05, 4.69) is 10.2 Å². The fraction of sp³-hybridized carbons (Fsp3) is 0.333. The van der Waals surface area contributed by atoms with Crippen molar-refractivity contribution in [2.24, 2.45) is 5.73 Å². The number of phenols is 1. The van der Waals surface area contributed by atoms with Gasteiger partial charge in [0.25, 0.3) is 0 Å². The summed E-state index contributed by atoms with van der Waals surface area (Å²) in [4.78, 5) is 0. The lowest BCUT2D eigenvalue weighted by Gasteiger charge is -1.97. The van der Waals surface area contributed by atoms with Gasteiger partial charge in [-0.05, 0) is 30.7 Å². The molecular formula is C12H15N3O2. The van der Waals surface area contributed by atoms with Gasteiger partial charge in [-0.15, -0.1) is 10.2 Å². The van der Waals surface area contributed by atoms with Crippen LogP contribution in [0.25, 0.3) is 0 Å². The summed E-state index contributed by atoms with van der Waals surface area (Å²) in [6.07, 6.45) is 2.08.